The number of halogens is 2. The zero-order valence-electron chi connectivity index (χ0n) is 12.4. The molecule has 4 heteroatoms. The van der Waals surface area contributed by atoms with Crippen LogP contribution in [0.3, 0.4) is 0 Å². The second kappa shape index (κ2) is 6.83. The van der Waals surface area contributed by atoms with Gasteiger partial charge in [-0.25, -0.2) is 8.78 Å². The second-order valence-corrected chi connectivity index (χ2v) is 5.49. The molecule has 1 aliphatic rings. The van der Waals surface area contributed by atoms with Gasteiger partial charge in [0.1, 0.15) is 6.61 Å². The van der Waals surface area contributed by atoms with E-state index in [0.717, 1.165) is 37.0 Å². The molecule has 21 heavy (non-hydrogen) atoms. The number of carbonyl (C=O) groups excluding carboxylic acids is 1. The molecule has 2 rings (SSSR count). The summed E-state index contributed by atoms with van der Waals surface area (Å²) in [4.78, 5) is 12.2. The molecular formula is C17H20F2O2. The van der Waals surface area contributed by atoms with Crippen molar-refractivity contribution in [1.82, 2.24) is 0 Å². The number of hydrogen-bond donors (Lipinski definition) is 0. The largest absolute Gasteiger partial charge is 0.460 e. The van der Waals surface area contributed by atoms with Crippen LogP contribution in [-0.4, -0.2) is 5.97 Å². The zero-order valence-corrected chi connectivity index (χ0v) is 12.4. The first-order valence-corrected chi connectivity index (χ1v) is 7.30. The normalized spacial score (nSPS) is 23.5. The lowest BCUT2D eigenvalue weighted by molar-refractivity contribution is -0.148. The highest BCUT2D eigenvalue weighted by Crippen LogP contribution is 2.38. The number of carbonyl (C=O) groups is 1. The molecule has 0 saturated heterocycles. The average Bonchev–Trinajstić information content (AvgIpc) is 2.91. The van der Waals surface area contributed by atoms with Crippen LogP contribution in [0.25, 0.3) is 0 Å². The molecule has 0 N–H and O–H groups in total. The lowest BCUT2D eigenvalue weighted by atomic mass is 10.0. The van der Waals surface area contributed by atoms with Crippen LogP contribution >= 0.6 is 0 Å². The maximum Gasteiger partial charge on any atom is 0.313 e. The zero-order chi connectivity index (χ0) is 15.4. The molecule has 0 aliphatic heterocycles. The van der Waals surface area contributed by atoms with Crippen LogP contribution in [0, 0.1) is 23.5 Å². The smallest absolute Gasteiger partial charge is 0.313 e. The van der Waals surface area contributed by atoms with E-state index in [-0.39, 0.29) is 18.5 Å². The molecule has 2 atom stereocenters. The summed E-state index contributed by atoms with van der Waals surface area (Å²) in [6.45, 7) is 4.02. The van der Waals surface area contributed by atoms with Crippen LogP contribution in [-0.2, 0) is 16.1 Å². The molecule has 1 aliphatic carbocycles. The minimum atomic E-state index is -0.926. The van der Waals surface area contributed by atoms with Crippen LogP contribution in [0.1, 0.15) is 38.7 Å². The Morgan fingerprint density at radius 1 is 1.38 bits per heavy atom. The lowest BCUT2D eigenvalue weighted by Crippen LogP contribution is -2.16. The third-order valence-electron chi connectivity index (χ3n) is 4.14. The van der Waals surface area contributed by atoms with Crippen molar-refractivity contribution in [2.45, 2.75) is 39.7 Å². The molecule has 1 saturated carbocycles. The Kier molecular flexibility index (Phi) is 5.10. The van der Waals surface area contributed by atoms with Gasteiger partial charge in [0.25, 0.3) is 0 Å². The van der Waals surface area contributed by atoms with Gasteiger partial charge < -0.3 is 4.74 Å². The second-order valence-electron chi connectivity index (χ2n) is 5.49. The molecule has 0 radical (unpaired) electrons. The lowest BCUT2D eigenvalue weighted by Gasteiger charge is -2.12. The first-order valence-electron chi connectivity index (χ1n) is 7.30. The van der Waals surface area contributed by atoms with Crippen molar-refractivity contribution in [1.29, 1.82) is 0 Å². The highest BCUT2D eigenvalue weighted by atomic mass is 19.2. The Morgan fingerprint density at radius 3 is 2.76 bits per heavy atom. The third kappa shape index (κ3) is 3.69. The van der Waals surface area contributed by atoms with Gasteiger partial charge >= 0.3 is 5.97 Å². The molecule has 1 fully saturated rings. The van der Waals surface area contributed by atoms with Gasteiger partial charge in [-0.05, 0) is 43.4 Å². The summed E-state index contributed by atoms with van der Waals surface area (Å²) in [5.74, 6) is -1.77. The first kappa shape index (κ1) is 15.7. The maximum atomic E-state index is 13.1. The fourth-order valence-corrected chi connectivity index (χ4v) is 2.81. The topological polar surface area (TPSA) is 26.3 Å². The van der Waals surface area contributed by atoms with E-state index in [9.17, 15) is 13.6 Å². The van der Waals surface area contributed by atoms with Gasteiger partial charge in [-0.1, -0.05) is 31.1 Å². The quantitative estimate of drug-likeness (QED) is 0.608. The fourth-order valence-electron chi connectivity index (χ4n) is 2.81. The average molecular weight is 294 g/mol. The van der Waals surface area contributed by atoms with Crippen molar-refractivity contribution in [3.63, 3.8) is 0 Å². The van der Waals surface area contributed by atoms with Crippen LogP contribution in [0.2, 0.25) is 0 Å². The summed E-state index contributed by atoms with van der Waals surface area (Å²) in [5.41, 5.74) is 1.58. The molecule has 2 nitrogen and oxygen atoms in total. The molecule has 0 heterocycles. The molecule has 114 valence electrons. The predicted molar refractivity (Wildman–Crippen MR) is 76.4 cm³/mol. The van der Waals surface area contributed by atoms with Gasteiger partial charge in [-0.2, -0.15) is 0 Å². The van der Waals surface area contributed by atoms with E-state index < -0.39 is 11.6 Å². The summed E-state index contributed by atoms with van der Waals surface area (Å²) < 4.78 is 31.2. The van der Waals surface area contributed by atoms with Gasteiger partial charge in [0.15, 0.2) is 11.6 Å². The van der Waals surface area contributed by atoms with E-state index in [1.165, 1.54) is 6.07 Å². The van der Waals surface area contributed by atoms with Crippen LogP contribution < -0.4 is 0 Å². The molecule has 0 aromatic heterocycles. The van der Waals surface area contributed by atoms with Gasteiger partial charge in [-0.15, -0.1) is 0 Å². The Balaban J connectivity index is 1.96. The van der Waals surface area contributed by atoms with Crippen molar-refractivity contribution >= 4 is 5.97 Å². The van der Waals surface area contributed by atoms with Crippen LogP contribution in [0.4, 0.5) is 8.78 Å². The first-order chi connectivity index (χ1) is 10.0. The molecule has 1 aromatic carbocycles. The van der Waals surface area contributed by atoms with E-state index in [4.69, 9.17) is 4.74 Å². The molecule has 0 amide bonds. The van der Waals surface area contributed by atoms with Crippen molar-refractivity contribution in [3.8, 4) is 0 Å². The van der Waals surface area contributed by atoms with E-state index in [1.807, 2.05) is 13.0 Å². The number of esters is 1. The molecule has 1 aromatic rings. The Hall–Kier alpha value is -1.71. The summed E-state index contributed by atoms with van der Waals surface area (Å²) in [5, 5.41) is 0. The molecule has 0 spiro atoms. The Labute approximate surface area is 123 Å². The van der Waals surface area contributed by atoms with E-state index in [2.05, 4.69) is 6.92 Å². The fraction of sp³-hybridized carbons (Fsp3) is 0.471. The monoisotopic (exact) mass is 294 g/mol. The summed E-state index contributed by atoms with van der Waals surface area (Å²) in [6, 6.07) is 3.52. The summed E-state index contributed by atoms with van der Waals surface area (Å²) >= 11 is 0. The number of benzene rings is 1. The van der Waals surface area contributed by atoms with Gasteiger partial charge in [-0.3, -0.25) is 4.79 Å². The van der Waals surface area contributed by atoms with Crippen LogP contribution in [0.5, 0.6) is 0 Å². The van der Waals surface area contributed by atoms with Crippen molar-refractivity contribution in [2.75, 3.05) is 0 Å². The molecular weight excluding hydrogens is 274 g/mol. The highest BCUT2D eigenvalue weighted by Gasteiger charge is 2.33. The van der Waals surface area contributed by atoms with Crippen molar-refractivity contribution in [3.05, 3.63) is 47.0 Å². The van der Waals surface area contributed by atoms with Crippen LogP contribution in [0.15, 0.2) is 29.8 Å². The number of rotatable bonds is 4. The summed E-state index contributed by atoms with van der Waals surface area (Å²) in [7, 11) is 0. The Morgan fingerprint density at radius 2 is 2.14 bits per heavy atom. The van der Waals surface area contributed by atoms with E-state index in [1.54, 1.807) is 0 Å². The van der Waals surface area contributed by atoms with Gasteiger partial charge in [0, 0.05) is 0 Å². The van der Waals surface area contributed by atoms with Gasteiger partial charge in [0.2, 0.25) is 0 Å². The minimum absolute atomic E-state index is 0.0275. The molecule has 0 bridgehead atoms. The molecule has 2 unspecified atom stereocenters. The van der Waals surface area contributed by atoms with Crippen molar-refractivity contribution in [2.24, 2.45) is 11.8 Å². The SMILES string of the molecule is C/C=C1\CC(CC)CC1C(=O)OCc1ccc(F)c(F)c1. The van der Waals surface area contributed by atoms with Crippen molar-refractivity contribution < 1.29 is 18.3 Å². The standard InChI is InChI=1S/C17H20F2O2/c1-3-11-7-13(4-2)14(8-11)17(20)21-10-12-5-6-15(18)16(19)9-12/h4-6,9,11,14H,3,7-8,10H2,1-2H3/b13-4+. The number of hydrogen-bond acceptors (Lipinski definition) is 2. The maximum absolute atomic E-state index is 13.1. The summed E-state index contributed by atoms with van der Waals surface area (Å²) in [6.07, 6.45) is 4.79. The van der Waals surface area contributed by atoms with E-state index in [0.29, 0.717) is 11.5 Å². The number of ether oxygens (including phenoxy) is 1. The predicted octanol–water partition coefficient (Wildman–Crippen LogP) is 4.39. The highest BCUT2D eigenvalue weighted by molar-refractivity contribution is 5.76. The van der Waals surface area contributed by atoms with E-state index >= 15 is 0 Å². The number of allylic oxidation sites excluding steroid dienone is 1. The third-order valence-corrected chi connectivity index (χ3v) is 4.14. The minimum Gasteiger partial charge on any atom is -0.460 e. The van der Waals surface area contributed by atoms with Gasteiger partial charge in [0.05, 0.1) is 5.92 Å². The Bertz CT molecular complexity index is 552.